The zero-order valence-corrected chi connectivity index (χ0v) is 12.5. The molecule has 6 heteroatoms. The molecule has 1 aliphatic rings. The number of ether oxygens (including phenoxy) is 2. The van der Waals surface area contributed by atoms with Gasteiger partial charge in [-0.1, -0.05) is 0 Å². The van der Waals surface area contributed by atoms with Crippen LogP contribution in [0.5, 0.6) is 0 Å². The number of carbonyl (C=O) groups excluding carboxylic acids is 2. The lowest BCUT2D eigenvalue weighted by Gasteiger charge is -2.20. The molecule has 1 saturated carbocycles. The maximum atomic E-state index is 11.5. The van der Waals surface area contributed by atoms with Crippen LogP contribution >= 0.6 is 0 Å². The monoisotopic (exact) mass is 272 g/mol. The summed E-state index contributed by atoms with van der Waals surface area (Å²) in [4.78, 5) is 23.0. The van der Waals surface area contributed by atoms with E-state index in [0.717, 1.165) is 0 Å². The molecule has 2 amide bonds. The molecule has 1 rings (SSSR count). The fourth-order valence-corrected chi connectivity index (χ4v) is 1.43. The van der Waals surface area contributed by atoms with Gasteiger partial charge in [-0.05, 0) is 48.0 Å². The van der Waals surface area contributed by atoms with Gasteiger partial charge in [-0.25, -0.2) is 9.59 Å². The van der Waals surface area contributed by atoms with Gasteiger partial charge in [-0.3, -0.25) is 0 Å². The Labute approximate surface area is 114 Å². The van der Waals surface area contributed by atoms with Gasteiger partial charge in [0.25, 0.3) is 0 Å². The van der Waals surface area contributed by atoms with Crippen LogP contribution in [-0.2, 0) is 9.47 Å². The van der Waals surface area contributed by atoms with Crippen LogP contribution < -0.4 is 10.6 Å². The lowest BCUT2D eigenvalue weighted by atomic mass is 10.2. The summed E-state index contributed by atoms with van der Waals surface area (Å²) >= 11 is 0. The van der Waals surface area contributed by atoms with E-state index in [1.54, 1.807) is 41.5 Å². The largest absolute Gasteiger partial charge is 0.444 e. The van der Waals surface area contributed by atoms with E-state index in [9.17, 15) is 9.59 Å². The van der Waals surface area contributed by atoms with E-state index >= 15 is 0 Å². The normalized spacial score (nSPS) is 22.4. The molecule has 0 aromatic heterocycles. The summed E-state index contributed by atoms with van der Waals surface area (Å²) in [6.07, 6.45) is -0.240. The summed E-state index contributed by atoms with van der Waals surface area (Å²) < 4.78 is 10.3. The Morgan fingerprint density at radius 2 is 1.16 bits per heavy atom. The highest BCUT2D eigenvalue weighted by molar-refractivity contribution is 5.71. The summed E-state index contributed by atoms with van der Waals surface area (Å²) in [5.74, 6) is 0. The number of amides is 2. The molecule has 0 saturated heterocycles. The Hall–Kier alpha value is -1.46. The van der Waals surface area contributed by atoms with E-state index in [1.807, 2.05) is 0 Å². The first-order valence-electron chi connectivity index (χ1n) is 6.45. The highest BCUT2D eigenvalue weighted by Crippen LogP contribution is 2.22. The number of nitrogens with one attached hydrogen (secondary N) is 2. The molecule has 110 valence electrons. The molecular weight excluding hydrogens is 248 g/mol. The van der Waals surface area contributed by atoms with Crippen molar-refractivity contribution in [1.82, 2.24) is 10.6 Å². The fraction of sp³-hybridized carbons (Fsp3) is 0.846. The third-order valence-electron chi connectivity index (χ3n) is 2.19. The van der Waals surface area contributed by atoms with Crippen LogP contribution in [0.15, 0.2) is 0 Å². The Morgan fingerprint density at radius 1 is 0.842 bits per heavy atom. The van der Waals surface area contributed by atoms with Gasteiger partial charge in [0, 0.05) is 0 Å². The van der Waals surface area contributed by atoms with Crippen molar-refractivity contribution in [1.29, 1.82) is 0 Å². The molecule has 0 radical (unpaired) electrons. The van der Waals surface area contributed by atoms with E-state index in [4.69, 9.17) is 9.47 Å². The predicted molar refractivity (Wildman–Crippen MR) is 70.9 cm³/mol. The van der Waals surface area contributed by atoms with Gasteiger partial charge >= 0.3 is 12.2 Å². The van der Waals surface area contributed by atoms with Crippen molar-refractivity contribution in [3.05, 3.63) is 0 Å². The van der Waals surface area contributed by atoms with Crippen LogP contribution in [0.1, 0.15) is 48.0 Å². The Bertz CT molecular complexity index is 321. The predicted octanol–water partition coefficient (Wildman–Crippen LogP) is 2.18. The SMILES string of the molecule is CC(C)(C)OC(=O)NC1CC1NC(=O)OC(C)(C)C. The average molecular weight is 272 g/mol. The number of rotatable bonds is 2. The molecule has 0 aromatic rings. The lowest BCUT2D eigenvalue weighted by molar-refractivity contribution is 0.0488. The molecule has 2 atom stereocenters. The van der Waals surface area contributed by atoms with Gasteiger partial charge in [0.05, 0.1) is 12.1 Å². The molecule has 0 spiro atoms. The maximum absolute atomic E-state index is 11.5. The van der Waals surface area contributed by atoms with Crippen molar-refractivity contribution in [3.8, 4) is 0 Å². The smallest absolute Gasteiger partial charge is 0.407 e. The van der Waals surface area contributed by atoms with Crippen LogP contribution in [0.4, 0.5) is 9.59 Å². The molecule has 2 N–H and O–H groups in total. The summed E-state index contributed by atoms with van der Waals surface area (Å²) in [5, 5.41) is 5.39. The van der Waals surface area contributed by atoms with Crippen molar-refractivity contribution in [2.75, 3.05) is 0 Å². The van der Waals surface area contributed by atoms with Gasteiger partial charge in [0.2, 0.25) is 0 Å². The Balaban J connectivity index is 2.25. The molecule has 0 aliphatic heterocycles. The topological polar surface area (TPSA) is 76.7 Å². The van der Waals surface area contributed by atoms with Gasteiger partial charge in [-0.2, -0.15) is 0 Å². The van der Waals surface area contributed by atoms with Gasteiger partial charge < -0.3 is 20.1 Å². The van der Waals surface area contributed by atoms with E-state index in [2.05, 4.69) is 10.6 Å². The van der Waals surface area contributed by atoms with Crippen LogP contribution in [-0.4, -0.2) is 35.5 Å². The standard InChI is InChI=1S/C13H24N2O4/c1-12(2,3)18-10(16)14-8-7-9(8)15-11(17)19-13(4,5)6/h8-9H,7H2,1-6H3,(H,14,16)(H,15,17). The molecule has 6 nitrogen and oxygen atoms in total. The Morgan fingerprint density at radius 3 is 1.42 bits per heavy atom. The van der Waals surface area contributed by atoms with Crippen LogP contribution in [0, 0.1) is 0 Å². The molecule has 0 heterocycles. The second-order valence-corrected chi connectivity index (χ2v) is 6.74. The first-order valence-corrected chi connectivity index (χ1v) is 6.45. The third-order valence-corrected chi connectivity index (χ3v) is 2.19. The molecule has 2 unspecified atom stereocenters. The average Bonchev–Trinajstić information content (AvgIpc) is 2.74. The number of carbonyl (C=O) groups is 2. The van der Waals surface area contributed by atoms with Gasteiger partial charge in [-0.15, -0.1) is 0 Å². The summed E-state index contributed by atoms with van der Waals surface area (Å²) in [6, 6.07) is -0.162. The van der Waals surface area contributed by atoms with Crippen molar-refractivity contribution >= 4 is 12.2 Å². The summed E-state index contributed by atoms with van der Waals surface area (Å²) in [7, 11) is 0. The maximum Gasteiger partial charge on any atom is 0.407 e. The molecule has 19 heavy (non-hydrogen) atoms. The second-order valence-electron chi connectivity index (χ2n) is 6.74. The van der Waals surface area contributed by atoms with Crippen molar-refractivity contribution in [3.63, 3.8) is 0 Å². The van der Waals surface area contributed by atoms with E-state index in [0.29, 0.717) is 6.42 Å². The van der Waals surface area contributed by atoms with Crippen molar-refractivity contribution < 1.29 is 19.1 Å². The molecule has 0 aromatic carbocycles. The van der Waals surface area contributed by atoms with E-state index in [-0.39, 0.29) is 12.1 Å². The van der Waals surface area contributed by atoms with E-state index in [1.165, 1.54) is 0 Å². The first kappa shape index (κ1) is 15.6. The molecule has 1 fully saturated rings. The zero-order valence-electron chi connectivity index (χ0n) is 12.5. The fourth-order valence-electron chi connectivity index (χ4n) is 1.43. The number of hydrogen-bond donors (Lipinski definition) is 2. The molecule has 1 aliphatic carbocycles. The molecular formula is C13H24N2O4. The highest BCUT2D eigenvalue weighted by atomic mass is 16.6. The quantitative estimate of drug-likeness (QED) is 0.807. The van der Waals surface area contributed by atoms with Crippen molar-refractivity contribution in [2.24, 2.45) is 0 Å². The zero-order chi connectivity index (χ0) is 14.8. The summed E-state index contributed by atoms with van der Waals surface area (Å²) in [6.45, 7) is 10.8. The molecule has 0 bridgehead atoms. The van der Waals surface area contributed by atoms with Gasteiger partial charge in [0.15, 0.2) is 0 Å². The summed E-state index contributed by atoms with van der Waals surface area (Å²) in [5.41, 5.74) is -1.04. The lowest BCUT2D eigenvalue weighted by Crippen LogP contribution is -2.39. The van der Waals surface area contributed by atoms with Crippen LogP contribution in [0.3, 0.4) is 0 Å². The van der Waals surface area contributed by atoms with Crippen LogP contribution in [0.2, 0.25) is 0 Å². The third kappa shape index (κ3) is 6.88. The van der Waals surface area contributed by atoms with Gasteiger partial charge in [0.1, 0.15) is 11.2 Å². The number of hydrogen-bond acceptors (Lipinski definition) is 4. The highest BCUT2D eigenvalue weighted by Gasteiger charge is 2.41. The minimum atomic E-state index is -0.521. The van der Waals surface area contributed by atoms with E-state index < -0.39 is 23.4 Å². The Kier molecular flexibility index (Phi) is 4.32. The first-order chi connectivity index (χ1) is 8.46. The second kappa shape index (κ2) is 5.27. The minimum absolute atomic E-state index is 0.0811. The van der Waals surface area contributed by atoms with Crippen LogP contribution in [0.25, 0.3) is 0 Å². The van der Waals surface area contributed by atoms with Crippen molar-refractivity contribution in [2.45, 2.75) is 71.2 Å². The number of alkyl carbamates (subject to hydrolysis) is 2. The minimum Gasteiger partial charge on any atom is -0.444 e.